The van der Waals surface area contributed by atoms with Crippen molar-refractivity contribution in [2.24, 2.45) is 5.73 Å². The molecular formula is C18H20ClFN4O2. The van der Waals surface area contributed by atoms with Crippen LogP contribution in [0.4, 0.5) is 4.39 Å². The van der Waals surface area contributed by atoms with Crippen LogP contribution < -0.4 is 5.73 Å². The topological polar surface area (TPSA) is 81.2 Å². The van der Waals surface area contributed by atoms with E-state index in [0.717, 1.165) is 18.7 Å². The Kier molecular flexibility index (Phi) is 5.56. The van der Waals surface area contributed by atoms with Gasteiger partial charge in [-0.15, -0.1) is 0 Å². The zero-order chi connectivity index (χ0) is 18.7. The molecule has 1 fully saturated rings. The van der Waals surface area contributed by atoms with E-state index in [4.69, 9.17) is 17.3 Å². The van der Waals surface area contributed by atoms with Crippen LogP contribution in [0.25, 0.3) is 0 Å². The molecule has 26 heavy (non-hydrogen) atoms. The summed E-state index contributed by atoms with van der Waals surface area (Å²) in [5, 5.41) is 0.254. The Morgan fingerprint density at radius 3 is 2.92 bits per heavy atom. The van der Waals surface area contributed by atoms with Crippen LogP contribution in [0.5, 0.6) is 0 Å². The van der Waals surface area contributed by atoms with E-state index in [-0.39, 0.29) is 29.8 Å². The summed E-state index contributed by atoms with van der Waals surface area (Å²) in [5.74, 6) is -0.104. The minimum atomic E-state index is -0.432. The highest BCUT2D eigenvalue weighted by Gasteiger charge is 2.28. The zero-order valence-electron chi connectivity index (χ0n) is 14.2. The number of nitrogens with two attached hydrogens (primary N) is 1. The largest absolute Gasteiger partial charge is 0.368 e. The number of rotatable bonds is 5. The molecule has 3 rings (SSSR count). The Morgan fingerprint density at radius 1 is 1.38 bits per heavy atom. The Hall–Kier alpha value is -2.41. The van der Waals surface area contributed by atoms with Crippen LogP contribution in [0, 0.1) is 5.82 Å². The summed E-state index contributed by atoms with van der Waals surface area (Å²) in [6.45, 7) is 1.25. The van der Waals surface area contributed by atoms with E-state index in [9.17, 15) is 14.0 Å². The second-order valence-corrected chi connectivity index (χ2v) is 6.88. The second-order valence-electron chi connectivity index (χ2n) is 6.47. The molecule has 8 heteroatoms. The number of carbonyl (C=O) groups is 2. The molecule has 6 nitrogen and oxygen atoms in total. The number of halogens is 2. The van der Waals surface area contributed by atoms with Crippen LogP contribution in [-0.4, -0.2) is 39.4 Å². The van der Waals surface area contributed by atoms with Crippen molar-refractivity contribution in [3.8, 4) is 0 Å². The summed E-state index contributed by atoms with van der Waals surface area (Å²) in [4.78, 5) is 30.0. The molecule has 0 saturated carbocycles. The fourth-order valence-corrected chi connectivity index (χ4v) is 3.57. The third-order valence-corrected chi connectivity index (χ3v) is 4.92. The molecule has 1 aliphatic heterocycles. The van der Waals surface area contributed by atoms with Crippen LogP contribution in [0.2, 0.25) is 5.02 Å². The third kappa shape index (κ3) is 4.22. The van der Waals surface area contributed by atoms with Crippen LogP contribution >= 0.6 is 11.6 Å². The van der Waals surface area contributed by atoms with Gasteiger partial charge >= 0.3 is 0 Å². The summed E-state index contributed by atoms with van der Waals surface area (Å²) in [6.07, 6.45) is 5.21. The van der Waals surface area contributed by atoms with Crippen molar-refractivity contribution in [3.63, 3.8) is 0 Å². The average Bonchev–Trinajstić information content (AvgIpc) is 3.05. The molecule has 1 aliphatic rings. The number of aromatic nitrogens is 2. The molecule has 2 heterocycles. The summed E-state index contributed by atoms with van der Waals surface area (Å²) in [7, 11) is 0. The van der Waals surface area contributed by atoms with E-state index in [1.807, 2.05) is 0 Å². The predicted molar refractivity (Wildman–Crippen MR) is 95.1 cm³/mol. The normalized spacial score (nSPS) is 17.3. The maximum absolute atomic E-state index is 13.2. The molecule has 0 bridgehead atoms. The molecule has 0 radical (unpaired) electrons. The van der Waals surface area contributed by atoms with E-state index in [0.29, 0.717) is 18.7 Å². The van der Waals surface area contributed by atoms with Crippen molar-refractivity contribution < 1.29 is 14.0 Å². The molecule has 2 amide bonds. The smallest absolute Gasteiger partial charge is 0.237 e. The molecule has 1 aromatic heterocycles. The molecular weight excluding hydrogens is 359 g/mol. The van der Waals surface area contributed by atoms with Crippen LogP contribution in [0.3, 0.4) is 0 Å². The van der Waals surface area contributed by atoms with Crippen molar-refractivity contribution in [2.45, 2.75) is 31.7 Å². The summed E-state index contributed by atoms with van der Waals surface area (Å²) in [5.41, 5.74) is 5.88. The van der Waals surface area contributed by atoms with Gasteiger partial charge in [0, 0.05) is 36.4 Å². The van der Waals surface area contributed by atoms with Gasteiger partial charge in [0.2, 0.25) is 11.8 Å². The first-order valence-electron chi connectivity index (χ1n) is 8.45. The summed E-state index contributed by atoms with van der Waals surface area (Å²) >= 11 is 6.02. The Morgan fingerprint density at radius 2 is 2.19 bits per heavy atom. The minimum absolute atomic E-state index is 0.0470. The minimum Gasteiger partial charge on any atom is -0.368 e. The lowest BCUT2D eigenvalue weighted by Gasteiger charge is -2.32. The maximum atomic E-state index is 13.2. The Bertz CT molecular complexity index is 823. The number of amides is 2. The molecule has 1 aromatic carbocycles. The second kappa shape index (κ2) is 7.86. The van der Waals surface area contributed by atoms with Gasteiger partial charge in [-0.25, -0.2) is 9.37 Å². The SMILES string of the molecule is NC(=O)Cn1ccnc1C1CCCN(C(=O)Cc2ccc(F)cc2Cl)C1. The van der Waals surface area contributed by atoms with Gasteiger partial charge in [0.25, 0.3) is 0 Å². The molecule has 138 valence electrons. The number of nitrogens with zero attached hydrogens (tertiary/aromatic N) is 3. The van der Waals surface area contributed by atoms with E-state index >= 15 is 0 Å². The van der Waals surface area contributed by atoms with Gasteiger partial charge in [-0.3, -0.25) is 9.59 Å². The van der Waals surface area contributed by atoms with Gasteiger partial charge in [0.1, 0.15) is 18.2 Å². The highest BCUT2D eigenvalue weighted by atomic mass is 35.5. The number of carbonyl (C=O) groups excluding carboxylic acids is 2. The average molecular weight is 379 g/mol. The van der Waals surface area contributed by atoms with Crippen LogP contribution in [0.15, 0.2) is 30.6 Å². The highest BCUT2D eigenvalue weighted by molar-refractivity contribution is 6.31. The van der Waals surface area contributed by atoms with Gasteiger partial charge in [-0.2, -0.15) is 0 Å². The number of hydrogen-bond acceptors (Lipinski definition) is 3. The first kappa shape index (κ1) is 18.4. The lowest BCUT2D eigenvalue weighted by Crippen LogP contribution is -2.40. The lowest BCUT2D eigenvalue weighted by atomic mass is 9.96. The quantitative estimate of drug-likeness (QED) is 0.865. The Labute approximate surface area is 155 Å². The van der Waals surface area contributed by atoms with Gasteiger partial charge in [-0.1, -0.05) is 17.7 Å². The monoisotopic (exact) mass is 378 g/mol. The fourth-order valence-electron chi connectivity index (χ4n) is 3.34. The van der Waals surface area contributed by atoms with Crippen LogP contribution in [0.1, 0.15) is 30.1 Å². The lowest BCUT2D eigenvalue weighted by molar-refractivity contribution is -0.131. The highest BCUT2D eigenvalue weighted by Crippen LogP contribution is 2.27. The van der Waals surface area contributed by atoms with Crippen molar-refractivity contribution in [2.75, 3.05) is 13.1 Å². The Balaban J connectivity index is 1.69. The summed E-state index contributed by atoms with van der Waals surface area (Å²) in [6, 6.07) is 4.05. The maximum Gasteiger partial charge on any atom is 0.237 e. The van der Waals surface area contributed by atoms with Crippen molar-refractivity contribution in [1.82, 2.24) is 14.5 Å². The van der Waals surface area contributed by atoms with Gasteiger partial charge in [0.05, 0.1) is 6.42 Å². The molecule has 1 unspecified atom stereocenters. The van der Waals surface area contributed by atoms with Gasteiger partial charge < -0.3 is 15.2 Å². The molecule has 2 aromatic rings. The van der Waals surface area contributed by atoms with Gasteiger partial charge in [0.15, 0.2) is 0 Å². The number of imidazole rings is 1. The summed E-state index contributed by atoms with van der Waals surface area (Å²) < 4.78 is 14.9. The fraction of sp³-hybridized carbons (Fsp3) is 0.389. The molecule has 2 N–H and O–H groups in total. The third-order valence-electron chi connectivity index (χ3n) is 4.57. The van der Waals surface area contributed by atoms with Crippen molar-refractivity contribution in [1.29, 1.82) is 0 Å². The van der Waals surface area contributed by atoms with E-state index in [2.05, 4.69) is 4.98 Å². The molecule has 1 saturated heterocycles. The molecule has 0 spiro atoms. The standard InChI is InChI=1S/C18H20ClFN4O2/c19-15-9-14(20)4-3-12(15)8-17(26)23-6-1-2-13(10-23)18-22-5-7-24(18)11-16(21)25/h3-5,7,9,13H,1-2,6,8,10-11H2,(H2,21,25). The van der Waals surface area contributed by atoms with E-state index in [1.165, 1.54) is 18.2 Å². The molecule has 0 aliphatic carbocycles. The number of hydrogen-bond donors (Lipinski definition) is 1. The van der Waals surface area contributed by atoms with Gasteiger partial charge in [-0.05, 0) is 30.5 Å². The van der Waals surface area contributed by atoms with E-state index < -0.39 is 11.7 Å². The van der Waals surface area contributed by atoms with Crippen molar-refractivity contribution in [3.05, 3.63) is 52.8 Å². The zero-order valence-corrected chi connectivity index (χ0v) is 15.0. The first-order chi connectivity index (χ1) is 12.4. The number of primary amides is 1. The predicted octanol–water partition coefficient (Wildman–Crippen LogP) is 2.11. The number of likely N-dealkylation sites (tertiary alicyclic amines) is 1. The number of benzene rings is 1. The number of piperidine rings is 1. The van der Waals surface area contributed by atoms with Crippen LogP contribution in [-0.2, 0) is 22.6 Å². The molecule has 1 atom stereocenters. The first-order valence-corrected chi connectivity index (χ1v) is 8.83. The van der Waals surface area contributed by atoms with Crippen molar-refractivity contribution >= 4 is 23.4 Å². The van der Waals surface area contributed by atoms with E-state index in [1.54, 1.807) is 21.9 Å².